The van der Waals surface area contributed by atoms with E-state index in [0.717, 1.165) is 5.56 Å². The second-order valence-corrected chi connectivity index (χ2v) is 5.45. The zero-order valence-corrected chi connectivity index (χ0v) is 14.7. The van der Waals surface area contributed by atoms with Gasteiger partial charge in [-0.05, 0) is 24.6 Å². The third kappa shape index (κ3) is 5.67. The molecule has 0 fully saturated rings. The lowest BCUT2D eigenvalue weighted by Gasteiger charge is -2.14. The van der Waals surface area contributed by atoms with Crippen LogP contribution in [-0.2, 0) is 14.3 Å². The fourth-order valence-electron chi connectivity index (χ4n) is 2.13. The number of hydrogen-bond acceptors (Lipinski definition) is 6. The van der Waals surface area contributed by atoms with Crippen LogP contribution >= 0.6 is 0 Å². The number of non-ortho nitro benzene ring substituents is 1. The molecule has 2 aromatic carbocycles. The monoisotopic (exact) mass is 370 g/mol. The fourth-order valence-corrected chi connectivity index (χ4v) is 2.13. The minimum absolute atomic E-state index is 0.125. The number of nitrogens with zero attached hydrogens (tertiary/aromatic N) is 1. The van der Waals surface area contributed by atoms with Gasteiger partial charge in [0.2, 0.25) is 0 Å². The van der Waals surface area contributed by atoms with E-state index in [0.29, 0.717) is 0 Å². The highest BCUT2D eigenvalue weighted by atomic mass is 16.6. The van der Waals surface area contributed by atoms with Gasteiger partial charge >= 0.3 is 5.97 Å². The van der Waals surface area contributed by atoms with E-state index < -0.39 is 22.9 Å². The maximum Gasteiger partial charge on any atom is 0.331 e. The number of nitrogens with one attached hydrogen (secondary N) is 1. The molecular formula is C19H18N2O6. The average molecular weight is 370 g/mol. The Hall–Kier alpha value is -3.68. The van der Waals surface area contributed by atoms with E-state index >= 15 is 0 Å². The number of carbonyl (C=O) groups excluding carboxylic acids is 2. The lowest BCUT2D eigenvalue weighted by atomic mass is 10.2. The van der Waals surface area contributed by atoms with Gasteiger partial charge in [0.1, 0.15) is 5.75 Å². The topological polar surface area (TPSA) is 108 Å². The Morgan fingerprint density at radius 1 is 1.19 bits per heavy atom. The minimum atomic E-state index is -1.07. The highest BCUT2D eigenvalue weighted by Gasteiger charge is 2.19. The first-order valence-electron chi connectivity index (χ1n) is 7.97. The molecule has 0 saturated heterocycles. The van der Waals surface area contributed by atoms with Gasteiger partial charge in [-0.25, -0.2) is 4.79 Å². The van der Waals surface area contributed by atoms with Crippen molar-refractivity contribution < 1.29 is 24.0 Å². The number of anilines is 1. The summed E-state index contributed by atoms with van der Waals surface area (Å²) < 4.78 is 10.1. The Labute approximate surface area is 155 Å². The normalized spacial score (nSPS) is 11.6. The summed E-state index contributed by atoms with van der Waals surface area (Å²) in [6, 6.07) is 12.9. The Kier molecular flexibility index (Phi) is 6.65. The van der Waals surface area contributed by atoms with E-state index in [9.17, 15) is 19.7 Å². The first-order valence-corrected chi connectivity index (χ1v) is 7.97. The van der Waals surface area contributed by atoms with E-state index in [-0.39, 0.29) is 17.1 Å². The Balaban J connectivity index is 1.98. The van der Waals surface area contributed by atoms with E-state index in [1.807, 2.05) is 30.3 Å². The van der Waals surface area contributed by atoms with Gasteiger partial charge in [-0.1, -0.05) is 30.3 Å². The van der Waals surface area contributed by atoms with Gasteiger partial charge in [0, 0.05) is 12.1 Å². The molecule has 0 bridgehead atoms. The Morgan fingerprint density at radius 2 is 1.89 bits per heavy atom. The third-order valence-electron chi connectivity index (χ3n) is 3.53. The van der Waals surface area contributed by atoms with Gasteiger partial charge in [0.05, 0.1) is 23.8 Å². The van der Waals surface area contributed by atoms with Crippen LogP contribution in [0.1, 0.15) is 12.5 Å². The second kappa shape index (κ2) is 9.14. The number of hydrogen-bond donors (Lipinski definition) is 1. The van der Waals surface area contributed by atoms with Gasteiger partial charge in [0.25, 0.3) is 11.6 Å². The van der Waals surface area contributed by atoms with Gasteiger partial charge in [-0.3, -0.25) is 14.9 Å². The molecule has 1 amide bonds. The Bertz CT molecular complexity index is 864. The predicted molar refractivity (Wildman–Crippen MR) is 99.3 cm³/mol. The molecule has 1 atom stereocenters. The molecule has 0 saturated carbocycles. The number of methoxy groups -OCH3 is 1. The summed E-state index contributed by atoms with van der Waals surface area (Å²) in [6.45, 7) is 1.42. The summed E-state index contributed by atoms with van der Waals surface area (Å²) >= 11 is 0. The van der Waals surface area contributed by atoms with Crippen molar-refractivity contribution in [1.29, 1.82) is 0 Å². The molecule has 0 aromatic heterocycles. The van der Waals surface area contributed by atoms with Crippen LogP contribution in [0.5, 0.6) is 5.75 Å². The van der Waals surface area contributed by atoms with E-state index in [4.69, 9.17) is 9.47 Å². The number of nitro benzene ring substituents is 1. The van der Waals surface area contributed by atoms with Crippen molar-refractivity contribution in [2.75, 3.05) is 12.4 Å². The quantitative estimate of drug-likeness (QED) is 0.347. The van der Waals surface area contributed by atoms with Crippen molar-refractivity contribution >= 4 is 29.3 Å². The smallest absolute Gasteiger partial charge is 0.331 e. The summed E-state index contributed by atoms with van der Waals surface area (Å²) in [5, 5.41) is 13.3. The van der Waals surface area contributed by atoms with Crippen LogP contribution in [-0.4, -0.2) is 30.0 Å². The van der Waals surface area contributed by atoms with Crippen LogP contribution in [0, 0.1) is 10.1 Å². The summed E-state index contributed by atoms with van der Waals surface area (Å²) in [7, 11) is 1.33. The van der Waals surface area contributed by atoms with E-state index in [1.54, 1.807) is 6.08 Å². The van der Waals surface area contributed by atoms with E-state index in [1.165, 1.54) is 38.3 Å². The fraction of sp³-hybridized carbons (Fsp3) is 0.158. The van der Waals surface area contributed by atoms with Crippen molar-refractivity contribution in [2.45, 2.75) is 13.0 Å². The van der Waals surface area contributed by atoms with Crippen molar-refractivity contribution in [1.82, 2.24) is 0 Å². The molecular weight excluding hydrogens is 352 g/mol. The molecule has 0 spiro atoms. The molecule has 2 aromatic rings. The zero-order chi connectivity index (χ0) is 19.8. The summed E-state index contributed by atoms with van der Waals surface area (Å²) in [5.41, 5.74) is 0.883. The lowest BCUT2D eigenvalue weighted by molar-refractivity contribution is -0.384. The molecule has 0 radical (unpaired) electrons. The first kappa shape index (κ1) is 19.6. The van der Waals surface area contributed by atoms with Gasteiger partial charge in [-0.2, -0.15) is 0 Å². The van der Waals surface area contributed by atoms with Crippen molar-refractivity contribution in [3.05, 3.63) is 70.3 Å². The molecule has 0 unspecified atom stereocenters. The molecule has 27 heavy (non-hydrogen) atoms. The second-order valence-electron chi connectivity index (χ2n) is 5.45. The molecule has 2 rings (SSSR count). The van der Waals surface area contributed by atoms with Crippen molar-refractivity contribution in [3.8, 4) is 5.75 Å². The predicted octanol–water partition coefficient (Wildman–Crippen LogP) is 3.19. The average Bonchev–Trinajstić information content (AvgIpc) is 2.67. The standard InChI is InChI=1S/C19H18N2O6/c1-13(27-18(22)11-8-14-6-4-3-5-7-14)19(23)20-16-10-9-15(21(24)25)12-17(16)26-2/h3-13H,1-2H3,(H,20,23)/b11-8+/t13-/m1/s1. The van der Waals surface area contributed by atoms with Crippen molar-refractivity contribution in [2.24, 2.45) is 0 Å². The SMILES string of the molecule is COc1cc([N+](=O)[O-])ccc1NC(=O)[C@@H](C)OC(=O)/C=C/c1ccccc1. The molecule has 8 heteroatoms. The van der Waals surface area contributed by atoms with Crippen LogP contribution in [0.25, 0.3) is 6.08 Å². The minimum Gasteiger partial charge on any atom is -0.494 e. The Morgan fingerprint density at radius 3 is 2.52 bits per heavy atom. The van der Waals surface area contributed by atoms with Crippen molar-refractivity contribution in [3.63, 3.8) is 0 Å². The van der Waals surface area contributed by atoms with Gasteiger partial charge in [0.15, 0.2) is 6.10 Å². The molecule has 8 nitrogen and oxygen atoms in total. The number of carbonyl (C=O) groups is 2. The van der Waals surface area contributed by atoms with Crippen LogP contribution in [0.4, 0.5) is 11.4 Å². The van der Waals surface area contributed by atoms with Crippen LogP contribution < -0.4 is 10.1 Å². The van der Waals surface area contributed by atoms with Crippen LogP contribution in [0.3, 0.4) is 0 Å². The summed E-state index contributed by atoms with van der Waals surface area (Å²) in [5.74, 6) is -1.14. The molecule has 140 valence electrons. The zero-order valence-electron chi connectivity index (χ0n) is 14.7. The summed E-state index contributed by atoms with van der Waals surface area (Å²) in [4.78, 5) is 34.3. The number of ether oxygens (including phenoxy) is 2. The number of benzene rings is 2. The number of nitro groups is 1. The maximum atomic E-state index is 12.2. The summed E-state index contributed by atoms with van der Waals surface area (Å²) in [6.07, 6.45) is 1.73. The number of esters is 1. The first-order chi connectivity index (χ1) is 12.9. The van der Waals surface area contributed by atoms with Gasteiger partial charge < -0.3 is 14.8 Å². The molecule has 0 heterocycles. The van der Waals surface area contributed by atoms with Gasteiger partial charge in [-0.15, -0.1) is 0 Å². The molecule has 0 aliphatic rings. The highest BCUT2D eigenvalue weighted by molar-refractivity contribution is 5.97. The van der Waals surface area contributed by atoms with E-state index in [2.05, 4.69) is 5.32 Å². The van der Waals surface area contributed by atoms with Crippen LogP contribution in [0.15, 0.2) is 54.6 Å². The number of rotatable bonds is 7. The third-order valence-corrected chi connectivity index (χ3v) is 3.53. The van der Waals surface area contributed by atoms with Crippen LogP contribution in [0.2, 0.25) is 0 Å². The number of amides is 1. The lowest BCUT2D eigenvalue weighted by Crippen LogP contribution is -2.29. The molecule has 0 aliphatic carbocycles. The maximum absolute atomic E-state index is 12.2. The molecule has 0 aliphatic heterocycles. The largest absolute Gasteiger partial charge is 0.494 e. The highest BCUT2D eigenvalue weighted by Crippen LogP contribution is 2.29. The molecule has 1 N–H and O–H groups in total.